The molecule has 6 nitrogen and oxygen atoms in total. The number of hydrogen-bond acceptors (Lipinski definition) is 4. The minimum atomic E-state index is -0.279. The standard InChI is InChI=1S/C25H29N3O3/c1-3-19-6-4-5-7-23(19)28-17-21(16-24(28)30)25(31)27-14-12-26(13-15-27)22-10-8-20(9-11-22)18(2)29/h4-11,21H,3,12-17H2,1-2H3/t21-/m0/s1. The molecule has 2 amide bonds. The number of nitrogens with zero attached hydrogens (tertiary/aromatic N) is 3. The van der Waals surface area contributed by atoms with Gasteiger partial charge in [0.1, 0.15) is 0 Å². The van der Waals surface area contributed by atoms with Crippen LogP contribution in [0.25, 0.3) is 0 Å². The molecule has 0 N–H and O–H groups in total. The van der Waals surface area contributed by atoms with Crippen molar-refractivity contribution < 1.29 is 14.4 Å². The average Bonchev–Trinajstić information content (AvgIpc) is 3.20. The average molecular weight is 420 g/mol. The highest BCUT2D eigenvalue weighted by Gasteiger charge is 2.38. The first-order valence-corrected chi connectivity index (χ1v) is 11.0. The van der Waals surface area contributed by atoms with Crippen LogP contribution in [0.5, 0.6) is 0 Å². The van der Waals surface area contributed by atoms with Gasteiger partial charge in [-0.2, -0.15) is 0 Å². The summed E-state index contributed by atoms with van der Waals surface area (Å²) in [6.07, 6.45) is 1.14. The van der Waals surface area contributed by atoms with E-state index < -0.39 is 0 Å². The molecular weight excluding hydrogens is 390 g/mol. The van der Waals surface area contributed by atoms with Gasteiger partial charge in [-0.05, 0) is 49.2 Å². The van der Waals surface area contributed by atoms with Crippen molar-refractivity contribution in [1.29, 1.82) is 0 Å². The summed E-state index contributed by atoms with van der Waals surface area (Å²) in [6.45, 7) is 6.88. The summed E-state index contributed by atoms with van der Waals surface area (Å²) in [4.78, 5) is 43.2. The van der Waals surface area contributed by atoms with Crippen molar-refractivity contribution >= 4 is 29.0 Å². The fraction of sp³-hybridized carbons (Fsp3) is 0.400. The Morgan fingerprint density at radius 2 is 1.65 bits per heavy atom. The van der Waals surface area contributed by atoms with Crippen LogP contribution in [-0.2, 0) is 16.0 Å². The van der Waals surface area contributed by atoms with E-state index in [1.807, 2.05) is 53.4 Å². The number of Topliss-reactive ketones (excluding diaryl/α,β-unsaturated/α-hetero) is 1. The molecule has 2 heterocycles. The molecule has 1 atom stereocenters. The van der Waals surface area contributed by atoms with Gasteiger partial charge in [0.15, 0.2) is 5.78 Å². The maximum atomic E-state index is 13.1. The van der Waals surface area contributed by atoms with Crippen molar-refractivity contribution in [3.8, 4) is 0 Å². The summed E-state index contributed by atoms with van der Waals surface area (Å²) >= 11 is 0. The molecule has 0 aliphatic carbocycles. The van der Waals surface area contributed by atoms with E-state index >= 15 is 0 Å². The van der Waals surface area contributed by atoms with Crippen LogP contribution < -0.4 is 9.80 Å². The van der Waals surface area contributed by atoms with Crippen molar-refractivity contribution in [3.63, 3.8) is 0 Å². The van der Waals surface area contributed by atoms with Crippen molar-refractivity contribution in [1.82, 2.24) is 4.90 Å². The van der Waals surface area contributed by atoms with Crippen LogP contribution in [-0.4, -0.2) is 55.2 Å². The summed E-state index contributed by atoms with van der Waals surface area (Å²) in [6, 6.07) is 15.6. The second kappa shape index (κ2) is 8.92. The fourth-order valence-electron chi connectivity index (χ4n) is 4.53. The number of hydrogen-bond donors (Lipinski definition) is 0. The number of anilines is 2. The van der Waals surface area contributed by atoms with Crippen LogP contribution >= 0.6 is 0 Å². The van der Waals surface area contributed by atoms with E-state index in [0.717, 1.165) is 36.4 Å². The van der Waals surface area contributed by atoms with E-state index in [4.69, 9.17) is 0 Å². The van der Waals surface area contributed by atoms with Gasteiger partial charge in [0, 0.05) is 56.1 Å². The highest BCUT2D eigenvalue weighted by atomic mass is 16.2. The maximum Gasteiger partial charge on any atom is 0.228 e. The molecule has 4 rings (SSSR count). The predicted molar refractivity (Wildman–Crippen MR) is 122 cm³/mol. The van der Waals surface area contributed by atoms with Crippen LogP contribution in [0.2, 0.25) is 0 Å². The molecule has 31 heavy (non-hydrogen) atoms. The minimum absolute atomic E-state index is 0.0310. The van der Waals surface area contributed by atoms with E-state index in [9.17, 15) is 14.4 Å². The molecule has 6 heteroatoms. The van der Waals surface area contributed by atoms with Crippen molar-refractivity contribution in [2.24, 2.45) is 5.92 Å². The fourth-order valence-corrected chi connectivity index (χ4v) is 4.53. The lowest BCUT2D eigenvalue weighted by atomic mass is 10.1. The Balaban J connectivity index is 1.37. The van der Waals surface area contributed by atoms with Gasteiger partial charge in [0.05, 0.1) is 5.92 Å². The van der Waals surface area contributed by atoms with Crippen molar-refractivity contribution in [2.45, 2.75) is 26.7 Å². The zero-order valence-corrected chi connectivity index (χ0v) is 18.2. The molecule has 0 spiro atoms. The molecule has 2 aromatic carbocycles. The first kappa shape index (κ1) is 21.1. The number of amides is 2. The second-order valence-electron chi connectivity index (χ2n) is 8.30. The SMILES string of the molecule is CCc1ccccc1N1C[C@@H](C(=O)N2CCN(c3ccc(C(C)=O)cc3)CC2)CC1=O. The Hall–Kier alpha value is -3.15. The zero-order valence-electron chi connectivity index (χ0n) is 18.2. The van der Waals surface area contributed by atoms with E-state index in [2.05, 4.69) is 11.8 Å². The van der Waals surface area contributed by atoms with Crippen LogP contribution in [0.15, 0.2) is 48.5 Å². The van der Waals surface area contributed by atoms with Crippen LogP contribution in [0.4, 0.5) is 11.4 Å². The molecule has 0 aromatic heterocycles. The topological polar surface area (TPSA) is 60.9 Å². The number of carbonyl (C=O) groups is 3. The van der Waals surface area contributed by atoms with E-state index in [-0.39, 0.29) is 29.9 Å². The number of aryl methyl sites for hydroxylation is 1. The number of benzene rings is 2. The third-order valence-electron chi connectivity index (χ3n) is 6.37. The number of carbonyl (C=O) groups excluding carboxylic acids is 3. The molecule has 162 valence electrons. The van der Waals surface area contributed by atoms with Crippen LogP contribution in [0.3, 0.4) is 0 Å². The van der Waals surface area contributed by atoms with Crippen molar-refractivity contribution in [3.05, 3.63) is 59.7 Å². The van der Waals surface area contributed by atoms with Gasteiger partial charge in [-0.25, -0.2) is 0 Å². The molecule has 0 saturated carbocycles. The zero-order chi connectivity index (χ0) is 22.0. The van der Waals surface area contributed by atoms with E-state index in [1.54, 1.807) is 11.8 Å². The summed E-state index contributed by atoms with van der Waals surface area (Å²) in [5.41, 5.74) is 3.84. The summed E-state index contributed by atoms with van der Waals surface area (Å²) < 4.78 is 0. The predicted octanol–water partition coefficient (Wildman–Crippen LogP) is 3.15. The van der Waals surface area contributed by atoms with Crippen LogP contribution in [0.1, 0.15) is 36.2 Å². The van der Waals surface area contributed by atoms with Gasteiger partial charge < -0.3 is 14.7 Å². The summed E-state index contributed by atoms with van der Waals surface area (Å²) in [7, 11) is 0. The Kier molecular flexibility index (Phi) is 6.07. The maximum absolute atomic E-state index is 13.1. The quantitative estimate of drug-likeness (QED) is 0.699. The van der Waals surface area contributed by atoms with Gasteiger partial charge in [0.25, 0.3) is 0 Å². The third-order valence-corrected chi connectivity index (χ3v) is 6.37. The molecule has 2 aliphatic rings. The lowest BCUT2D eigenvalue weighted by molar-refractivity contribution is -0.136. The first-order valence-electron chi connectivity index (χ1n) is 11.0. The normalized spacial score (nSPS) is 19.1. The lowest BCUT2D eigenvalue weighted by Crippen LogP contribution is -2.50. The summed E-state index contributed by atoms with van der Waals surface area (Å²) in [5, 5.41) is 0. The molecule has 0 unspecified atom stereocenters. The van der Waals surface area contributed by atoms with Gasteiger partial charge in [0.2, 0.25) is 11.8 Å². The minimum Gasteiger partial charge on any atom is -0.368 e. The Labute approximate surface area is 183 Å². The van der Waals surface area contributed by atoms with Crippen LogP contribution in [0, 0.1) is 5.92 Å². The summed E-state index contributed by atoms with van der Waals surface area (Å²) in [5.74, 6) is -0.109. The van der Waals surface area contributed by atoms with Gasteiger partial charge in [-0.1, -0.05) is 25.1 Å². The largest absolute Gasteiger partial charge is 0.368 e. The highest BCUT2D eigenvalue weighted by molar-refractivity contribution is 6.01. The highest BCUT2D eigenvalue weighted by Crippen LogP contribution is 2.30. The molecule has 0 bridgehead atoms. The molecule has 2 fully saturated rings. The molecule has 2 aliphatic heterocycles. The third kappa shape index (κ3) is 4.33. The Morgan fingerprint density at radius 3 is 2.29 bits per heavy atom. The van der Waals surface area contributed by atoms with Gasteiger partial charge in [-0.3, -0.25) is 14.4 Å². The second-order valence-corrected chi connectivity index (χ2v) is 8.30. The Morgan fingerprint density at radius 1 is 0.968 bits per heavy atom. The number of piperazine rings is 1. The first-order chi connectivity index (χ1) is 15.0. The molecule has 2 aromatic rings. The van der Waals surface area contributed by atoms with Gasteiger partial charge in [-0.15, -0.1) is 0 Å². The van der Waals surface area contributed by atoms with E-state index in [0.29, 0.717) is 25.2 Å². The number of ketones is 1. The van der Waals surface area contributed by atoms with Gasteiger partial charge >= 0.3 is 0 Å². The Bertz CT molecular complexity index is 978. The van der Waals surface area contributed by atoms with Crippen molar-refractivity contribution in [2.75, 3.05) is 42.5 Å². The van der Waals surface area contributed by atoms with E-state index in [1.165, 1.54) is 0 Å². The number of para-hydroxylation sites is 1. The molecule has 0 radical (unpaired) electrons. The smallest absolute Gasteiger partial charge is 0.228 e. The monoisotopic (exact) mass is 419 g/mol. The molecular formula is C25H29N3O3. The lowest BCUT2D eigenvalue weighted by Gasteiger charge is -2.37. The number of rotatable bonds is 5. The molecule has 2 saturated heterocycles.